The zero-order valence-electron chi connectivity index (χ0n) is 11.8. The van der Waals surface area contributed by atoms with Gasteiger partial charge in [0.25, 0.3) is 5.91 Å². The molecule has 1 fully saturated rings. The maximum atomic E-state index is 12.5. The molecular formula is C17H20N2O. The molecule has 0 bridgehead atoms. The molecule has 3 heteroatoms. The van der Waals surface area contributed by atoms with Gasteiger partial charge in [0.15, 0.2) is 0 Å². The quantitative estimate of drug-likeness (QED) is 0.905. The van der Waals surface area contributed by atoms with Gasteiger partial charge in [0.1, 0.15) is 0 Å². The van der Waals surface area contributed by atoms with Gasteiger partial charge in [-0.15, -0.1) is 0 Å². The first kappa shape index (κ1) is 13.1. The summed E-state index contributed by atoms with van der Waals surface area (Å²) in [5.74, 6) is 0.827. The van der Waals surface area contributed by atoms with Gasteiger partial charge in [0, 0.05) is 17.6 Å². The van der Waals surface area contributed by atoms with E-state index in [2.05, 4.69) is 17.2 Å². The van der Waals surface area contributed by atoms with Crippen molar-refractivity contribution in [1.29, 1.82) is 0 Å². The molecule has 1 aromatic heterocycles. The third kappa shape index (κ3) is 2.67. The van der Waals surface area contributed by atoms with Gasteiger partial charge in [0.05, 0.1) is 11.1 Å². The number of amides is 1. The van der Waals surface area contributed by atoms with E-state index in [1.807, 2.05) is 30.3 Å². The van der Waals surface area contributed by atoms with Crippen LogP contribution in [0.4, 0.5) is 0 Å². The zero-order valence-corrected chi connectivity index (χ0v) is 11.8. The Morgan fingerprint density at radius 1 is 1.15 bits per heavy atom. The number of carbonyl (C=O) groups is 1. The fraction of sp³-hybridized carbons (Fsp3) is 0.412. The Labute approximate surface area is 119 Å². The van der Waals surface area contributed by atoms with Crippen LogP contribution < -0.4 is 5.32 Å². The molecule has 1 aromatic carbocycles. The molecule has 3 rings (SSSR count). The molecule has 0 aliphatic heterocycles. The summed E-state index contributed by atoms with van der Waals surface area (Å²) in [5, 5.41) is 4.11. The number of fused-ring (bicyclic) bond motifs is 1. The maximum absolute atomic E-state index is 12.5. The van der Waals surface area contributed by atoms with Crippen LogP contribution >= 0.6 is 0 Å². The highest BCUT2D eigenvalue weighted by atomic mass is 16.1. The summed E-state index contributed by atoms with van der Waals surface area (Å²) >= 11 is 0. The summed E-state index contributed by atoms with van der Waals surface area (Å²) in [6.45, 7) is 2.29. The molecule has 0 saturated heterocycles. The molecule has 0 unspecified atom stereocenters. The zero-order chi connectivity index (χ0) is 13.9. The monoisotopic (exact) mass is 268 g/mol. The van der Waals surface area contributed by atoms with Crippen LogP contribution in [0.5, 0.6) is 0 Å². The van der Waals surface area contributed by atoms with E-state index in [4.69, 9.17) is 0 Å². The van der Waals surface area contributed by atoms with E-state index in [0.29, 0.717) is 6.04 Å². The summed E-state index contributed by atoms with van der Waals surface area (Å²) < 4.78 is 0. The molecular weight excluding hydrogens is 248 g/mol. The summed E-state index contributed by atoms with van der Waals surface area (Å²) in [4.78, 5) is 16.8. The van der Waals surface area contributed by atoms with E-state index >= 15 is 0 Å². The second-order valence-electron chi connectivity index (χ2n) is 5.81. The molecule has 0 spiro atoms. The molecule has 1 amide bonds. The summed E-state index contributed by atoms with van der Waals surface area (Å²) in [7, 11) is 0. The van der Waals surface area contributed by atoms with Crippen LogP contribution in [0.2, 0.25) is 0 Å². The number of pyridine rings is 1. The standard InChI is InChI=1S/C17H20N2O/c1-12-6-8-13(9-7-12)19-17(20)15-10-11-18-16-5-3-2-4-14(15)16/h2-5,10-13H,6-9H2,1H3,(H,19,20)/t12-,13-. The van der Waals surface area contributed by atoms with Gasteiger partial charge in [-0.25, -0.2) is 0 Å². The van der Waals surface area contributed by atoms with Crippen LogP contribution in [0.15, 0.2) is 36.5 Å². The van der Waals surface area contributed by atoms with Gasteiger partial charge in [-0.3, -0.25) is 9.78 Å². The smallest absolute Gasteiger partial charge is 0.252 e. The second kappa shape index (κ2) is 5.61. The Balaban J connectivity index is 1.79. The third-order valence-electron chi connectivity index (χ3n) is 4.24. The van der Waals surface area contributed by atoms with E-state index in [1.54, 1.807) is 6.20 Å². The van der Waals surface area contributed by atoms with Crippen molar-refractivity contribution in [3.8, 4) is 0 Å². The first-order chi connectivity index (χ1) is 9.74. The number of rotatable bonds is 2. The molecule has 1 heterocycles. The van der Waals surface area contributed by atoms with Gasteiger partial charge in [-0.1, -0.05) is 25.1 Å². The van der Waals surface area contributed by atoms with Crippen molar-refractivity contribution in [3.63, 3.8) is 0 Å². The van der Waals surface area contributed by atoms with Crippen molar-refractivity contribution in [2.75, 3.05) is 0 Å². The Bertz CT molecular complexity index is 610. The lowest BCUT2D eigenvalue weighted by Gasteiger charge is -2.27. The Morgan fingerprint density at radius 3 is 2.70 bits per heavy atom. The fourth-order valence-electron chi connectivity index (χ4n) is 2.96. The van der Waals surface area contributed by atoms with Crippen molar-refractivity contribution in [3.05, 3.63) is 42.1 Å². The summed E-state index contributed by atoms with van der Waals surface area (Å²) in [6.07, 6.45) is 6.32. The number of carbonyl (C=O) groups excluding carboxylic acids is 1. The summed E-state index contributed by atoms with van der Waals surface area (Å²) in [6, 6.07) is 9.92. The number of aromatic nitrogens is 1. The molecule has 1 aliphatic carbocycles. The molecule has 1 aliphatic rings. The second-order valence-corrected chi connectivity index (χ2v) is 5.81. The van der Waals surface area contributed by atoms with E-state index in [1.165, 1.54) is 12.8 Å². The molecule has 0 atom stereocenters. The van der Waals surface area contributed by atoms with Gasteiger partial charge in [-0.2, -0.15) is 0 Å². The molecule has 20 heavy (non-hydrogen) atoms. The Morgan fingerprint density at radius 2 is 1.90 bits per heavy atom. The lowest BCUT2D eigenvalue weighted by Crippen LogP contribution is -2.37. The van der Waals surface area contributed by atoms with Gasteiger partial charge >= 0.3 is 0 Å². The van der Waals surface area contributed by atoms with E-state index in [-0.39, 0.29) is 5.91 Å². The third-order valence-corrected chi connectivity index (χ3v) is 4.24. The van der Waals surface area contributed by atoms with Crippen LogP contribution in [0.3, 0.4) is 0 Å². The number of nitrogens with zero attached hydrogens (tertiary/aromatic N) is 1. The number of nitrogens with one attached hydrogen (secondary N) is 1. The predicted molar refractivity (Wildman–Crippen MR) is 80.6 cm³/mol. The Hall–Kier alpha value is -1.90. The topological polar surface area (TPSA) is 42.0 Å². The molecule has 2 aromatic rings. The van der Waals surface area contributed by atoms with Gasteiger partial charge in [0.2, 0.25) is 0 Å². The molecule has 1 N–H and O–H groups in total. The minimum Gasteiger partial charge on any atom is -0.349 e. The van der Waals surface area contributed by atoms with E-state index in [9.17, 15) is 4.79 Å². The Kier molecular flexibility index (Phi) is 3.68. The van der Waals surface area contributed by atoms with Crippen LogP contribution in [-0.4, -0.2) is 16.9 Å². The largest absolute Gasteiger partial charge is 0.349 e. The average Bonchev–Trinajstić information content (AvgIpc) is 2.49. The van der Waals surface area contributed by atoms with Gasteiger partial charge < -0.3 is 5.32 Å². The van der Waals surface area contributed by atoms with Crippen LogP contribution in [0.25, 0.3) is 10.9 Å². The van der Waals surface area contributed by atoms with E-state index < -0.39 is 0 Å². The minimum atomic E-state index is 0.0307. The van der Waals surface area contributed by atoms with Crippen molar-refractivity contribution >= 4 is 16.8 Å². The molecule has 1 saturated carbocycles. The highest BCUT2D eigenvalue weighted by Gasteiger charge is 2.21. The lowest BCUT2D eigenvalue weighted by atomic mass is 9.87. The number of hydrogen-bond donors (Lipinski definition) is 1. The highest BCUT2D eigenvalue weighted by molar-refractivity contribution is 6.06. The SMILES string of the molecule is C[C@H]1CC[C@H](NC(=O)c2ccnc3ccccc23)CC1. The van der Waals surface area contributed by atoms with Crippen molar-refractivity contribution in [2.24, 2.45) is 5.92 Å². The number of benzene rings is 1. The van der Waals surface area contributed by atoms with Crippen molar-refractivity contribution in [1.82, 2.24) is 10.3 Å². The van der Waals surface area contributed by atoms with Gasteiger partial charge in [-0.05, 0) is 43.7 Å². The van der Waals surface area contributed by atoms with E-state index in [0.717, 1.165) is 35.2 Å². The summed E-state index contributed by atoms with van der Waals surface area (Å²) in [5.41, 5.74) is 1.60. The normalized spacial score (nSPS) is 22.6. The molecule has 3 nitrogen and oxygen atoms in total. The number of para-hydroxylation sites is 1. The molecule has 0 radical (unpaired) electrons. The first-order valence-electron chi connectivity index (χ1n) is 7.38. The predicted octanol–water partition coefficient (Wildman–Crippen LogP) is 3.54. The average molecular weight is 268 g/mol. The first-order valence-corrected chi connectivity index (χ1v) is 7.38. The van der Waals surface area contributed by atoms with Crippen LogP contribution in [0, 0.1) is 5.92 Å². The van der Waals surface area contributed by atoms with Crippen molar-refractivity contribution in [2.45, 2.75) is 38.6 Å². The maximum Gasteiger partial charge on any atom is 0.252 e. The fourth-order valence-corrected chi connectivity index (χ4v) is 2.96. The minimum absolute atomic E-state index is 0.0307. The van der Waals surface area contributed by atoms with Crippen molar-refractivity contribution < 1.29 is 4.79 Å². The number of hydrogen-bond acceptors (Lipinski definition) is 2. The lowest BCUT2D eigenvalue weighted by molar-refractivity contribution is 0.0924. The highest BCUT2D eigenvalue weighted by Crippen LogP contribution is 2.24. The molecule has 104 valence electrons. The van der Waals surface area contributed by atoms with Crippen LogP contribution in [-0.2, 0) is 0 Å². The van der Waals surface area contributed by atoms with Crippen LogP contribution in [0.1, 0.15) is 43.0 Å².